The van der Waals surface area contributed by atoms with Gasteiger partial charge < -0.3 is 14.5 Å². The molecule has 1 amide bonds. The summed E-state index contributed by atoms with van der Waals surface area (Å²) >= 11 is 0. The van der Waals surface area contributed by atoms with Crippen LogP contribution in [-0.2, 0) is 0 Å². The number of amides is 1. The average molecular weight is 258 g/mol. The van der Waals surface area contributed by atoms with E-state index in [1.54, 1.807) is 13.0 Å². The minimum absolute atomic E-state index is 0.203. The Labute approximate surface area is 110 Å². The number of aromatic nitrogens is 1. The summed E-state index contributed by atoms with van der Waals surface area (Å²) in [5.74, 6) is -0.0319. The summed E-state index contributed by atoms with van der Waals surface area (Å²) in [4.78, 5) is 13.6. The lowest BCUT2D eigenvalue weighted by atomic mass is 9.97. The maximum Gasteiger partial charge on any atom is 0.292 e. The number of aliphatic hydroxyl groups is 1. The van der Waals surface area contributed by atoms with Gasteiger partial charge in [-0.15, -0.1) is 0 Å². The second-order valence-corrected chi connectivity index (χ2v) is 5.10. The van der Waals surface area contributed by atoms with E-state index in [9.17, 15) is 9.90 Å². The molecule has 0 bridgehead atoms. The summed E-state index contributed by atoms with van der Waals surface area (Å²) in [5.41, 5.74) is 0.759. The molecule has 0 unspecified atom stereocenters. The zero-order valence-electron chi connectivity index (χ0n) is 10.5. The standard InChI is InChI=1S/C14H14N2O3/c1-14(18)8-16(9-14)13(17)12-7-11(15-19-12)10-5-3-2-4-6-10/h2-7,18H,8-9H2,1H3. The quantitative estimate of drug-likeness (QED) is 0.887. The van der Waals surface area contributed by atoms with E-state index in [2.05, 4.69) is 5.16 Å². The molecule has 1 fully saturated rings. The summed E-state index contributed by atoms with van der Waals surface area (Å²) in [5, 5.41) is 13.5. The molecule has 1 aromatic heterocycles. The van der Waals surface area contributed by atoms with Gasteiger partial charge in [-0.25, -0.2) is 0 Å². The zero-order chi connectivity index (χ0) is 13.5. The van der Waals surface area contributed by atoms with Crippen molar-refractivity contribution in [3.8, 4) is 11.3 Å². The predicted octanol–water partition coefficient (Wildman–Crippen LogP) is 1.55. The molecule has 2 heterocycles. The smallest absolute Gasteiger partial charge is 0.292 e. The first-order valence-corrected chi connectivity index (χ1v) is 6.09. The molecular formula is C14H14N2O3. The van der Waals surface area contributed by atoms with Crippen LogP contribution < -0.4 is 0 Å². The topological polar surface area (TPSA) is 66.6 Å². The van der Waals surface area contributed by atoms with Gasteiger partial charge in [0.1, 0.15) is 5.69 Å². The van der Waals surface area contributed by atoms with Gasteiger partial charge >= 0.3 is 0 Å². The van der Waals surface area contributed by atoms with Gasteiger partial charge in [-0.05, 0) is 6.92 Å². The minimum Gasteiger partial charge on any atom is -0.386 e. The Morgan fingerprint density at radius 1 is 1.37 bits per heavy atom. The highest BCUT2D eigenvalue weighted by Crippen LogP contribution is 2.24. The van der Waals surface area contributed by atoms with Crippen LogP contribution in [0.15, 0.2) is 40.9 Å². The predicted molar refractivity (Wildman–Crippen MR) is 68.5 cm³/mol. The molecule has 19 heavy (non-hydrogen) atoms. The summed E-state index contributed by atoms with van der Waals surface area (Å²) in [6.07, 6.45) is 0. The third kappa shape index (κ3) is 2.24. The largest absolute Gasteiger partial charge is 0.386 e. The van der Waals surface area contributed by atoms with Crippen LogP contribution in [0.1, 0.15) is 17.5 Å². The van der Waals surface area contributed by atoms with E-state index in [4.69, 9.17) is 4.52 Å². The Morgan fingerprint density at radius 3 is 2.68 bits per heavy atom. The number of hydrogen-bond donors (Lipinski definition) is 1. The van der Waals surface area contributed by atoms with Crippen molar-refractivity contribution in [2.75, 3.05) is 13.1 Å². The molecule has 0 radical (unpaired) electrons. The maximum absolute atomic E-state index is 12.0. The highest BCUT2D eigenvalue weighted by molar-refractivity contribution is 5.93. The first kappa shape index (κ1) is 11.9. The van der Waals surface area contributed by atoms with Crippen molar-refractivity contribution >= 4 is 5.91 Å². The Balaban J connectivity index is 1.77. The number of carbonyl (C=O) groups is 1. The van der Waals surface area contributed by atoms with Gasteiger partial charge in [0.25, 0.3) is 5.91 Å². The number of likely N-dealkylation sites (tertiary alicyclic amines) is 1. The van der Waals surface area contributed by atoms with Crippen molar-refractivity contribution in [1.29, 1.82) is 0 Å². The van der Waals surface area contributed by atoms with Crippen LogP contribution in [0.2, 0.25) is 0 Å². The van der Waals surface area contributed by atoms with E-state index in [-0.39, 0.29) is 11.7 Å². The van der Waals surface area contributed by atoms with Crippen molar-refractivity contribution in [2.24, 2.45) is 0 Å². The first-order valence-electron chi connectivity index (χ1n) is 6.09. The Morgan fingerprint density at radius 2 is 2.05 bits per heavy atom. The summed E-state index contributed by atoms with van der Waals surface area (Å²) in [7, 11) is 0. The molecule has 0 spiro atoms. The number of nitrogens with zero attached hydrogens (tertiary/aromatic N) is 2. The molecule has 5 nitrogen and oxygen atoms in total. The van der Waals surface area contributed by atoms with Crippen LogP contribution in [0.3, 0.4) is 0 Å². The molecule has 98 valence electrons. The van der Waals surface area contributed by atoms with E-state index in [0.717, 1.165) is 5.56 Å². The van der Waals surface area contributed by atoms with Crippen LogP contribution in [0, 0.1) is 0 Å². The number of hydrogen-bond acceptors (Lipinski definition) is 4. The summed E-state index contributed by atoms with van der Waals surface area (Å²) in [6.45, 7) is 2.35. The van der Waals surface area contributed by atoms with Crippen LogP contribution in [0.5, 0.6) is 0 Å². The van der Waals surface area contributed by atoms with Crippen molar-refractivity contribution in [2.45, 2.75) is 12.5 Å². The fourth-order valence-corrected chi connectivity index (χ4v) is 2.20. The lowest BCUT2D eigenvalue weighted by Gasteiger charge is -2.43. The van der Waals surface area contributed by atoms with E-state index in [0.29, 0.717) is 18.8 Å². The van der Waals surface area contributed by atoms with E-state index in [1.165, 1.54) is 4.90 Å². The number of rotatable bonds is 2. The minimum atomic E-state index is -0.780. The maximum atomic E-state index is 12.0. The molecule has 1 saturated heterocycles. The van der Waals surface area contributed by atoms with Crippen LogP contribution in [0.25, 0.3) is 11.3 Å². The fourth-order valence-electron chi connectivity index (χ4n) is 2.20. The molecule has 1 aromatic carbocycles. The molecular weight excluding hydrogens is 244 g/mol. The molecule has 5 heteroatoms. The highest BCUT2D eigenvalue weighted by Gasteiger charge is 2.40. The normalized spacial score (nSPS) is 17.1. The van der Waals surface area contributed by atoms with Crippen LogP contribution in [-0.4, -0.2) is 39.8 Å². The lowest BCUT2D eigenvalue weighted by molar-refractivity contribution is -0.0680. The number of benzene rings is 1. The number of carbonyl (C=O) groups excluding carboxylic acids is 1. The monoisotopic (exact) mass is 258 g/mol. The Bertz CT molecular complexity index is 596. The molecule has 0 saturated carbocycles. The van der Waals surface area contributed by atoms with Gasteiger partial charge in [0, 0.05) is 11.6 Å². The van der Waals surface area contributed by atoms with Gasteiger partial charge in [0.15, 0.2) is 0 Å². The van der Waals surface area contributed by atoms with Crippen molar-refractivity contribution in [3.05, 3.63) is 42.2 Å². The van der Waals surface area contributed by atoms with Crippen molar-refractivity contribution < 1.29 is 14.4 Å². The third-order valence-electron chi connectivity index (χ3n) is 3.14. The third-order valence-corrected chi connectivity index (χ3v) is 3.14. The molecule has 0 atom stereocenters. The van der Waals surface area contributed by atoms with Crippen LogP contribution in [0.4, 0.5) is 0 Å². The lowest BCUT2D eigenvalue weighted by Crippen LogP contribution is -2.61. The SMILES string of the molecule is CC1(O)CN(C(=O)c2cc(-c3ccccc3)no2)C1. The first-order chi connectivity index (χ1) is 9.05. The van der Waals surface area contributed by atoms with Gasteiger partial charge in [-0.2, -0.15) is 0 Å². The van der Waals surface area contributed by atoms with Gasteiger partial charge in [-0.3, -0.25) is 4.79 Å². The molecule has 0 aliphatic carbocycles. The average Bonchev–Trinajstić information content (AvgIpc) is 2.85. The Kier molecular flexibility index (Phi) is 2.64. The van der Waals surface area contributed by atoms with Crippen molar-refractivity contribution in [3.63, 3.8) is 0 Å². The fraction of sp³-hybridized carbons (Fsp3) is 0.286. The van der Waals surface area contributed by atoms with E-state index in [1.807, 2.05) is 30.3 Å². The number of β-amino-alcohol motifs (C(OH)–C–C–N with tert-alkyl or cyclic N) is 1. The molecule has 2 aromatic rings. The molecule has 3 rings (SSSR count). The molecule has 1 aliphatic heterocycles. The van der Waals surface area contributed by atoms with Crippen LogP contribution >= 0.6 is 0 Å². The van der Waals surface area contributed by atoms with E-state index >= 15 is 0 Å². The highest BCUT2D eigenvalue weighted by atomic mass is 16.5. The second kappa shape index (κ2) is 4.20. The summed E-state index contributed by atoms with van der Waals surface area (Å²) < 4.78 is 5.08. The van der Waals surface area contributed by atoms with Gasteiger partial charge in [-0.1, -0.05) is 35.5 Å². The Hall–Kier alpha value is -2.14. The molecule has 1 N–H and O–H groups in total. The zero-order valence-corrected chi connectivity index (χ0v) is 10.5. The second-order valence-electron chi connectivity index (χ2n) is 5.10. The van der Waals surface area contributed by atoms with E-state index < -0.39 is 5.60 Å². The summed E-state index contributed by atoms with van der Waals surface area (Å²) in [6, 6.07) is 11.2. The molecule has 1 aliphatic rings. The van der Waals surface area contributed by atoms with Gasteiger partial charge in [0.2, 0.25) is 5.76 Å². The van der Waals surface area contributed by atoms with Crippen molar-refractivity contribution in [1.82, 2.24) is 10.1 Å². The van der Waals surface area contributed by atoms with Gasteiger partial charge in [0.05, 0.1) is 18.7 Å².